The molecule has 3 unspecified atom stereocenters. The van der Waals surface area contributed by atoms with Crippen molar-refractivity contribution in [2.24, 2.45) is 5.73 Å². The maximum atomic E-state index is 13.4. The van der Waals surface area contributed by atoms with Gasteiger partial charge >= 0.3 is 0 Å². The number of aromatic nitrogens is 1. The number of hydrogen-bond acceptors (Lipinski definition) is 5. The number of pyridine rings is 1. The number of carbonyl (C=O) groups excluding carboxylic acids is 1. The molecular formula is C23H28ClFN4OS. The van der Waals surface area contributed by atoms with E-state index in [9.17, 15) is 9.18 Å². The van der Waals surface area contributed by atoms with Crippen molar-refractivity contribution in [1.82, 2.24) is 9.88 Å². The summed E-state index contributed by atoms with van der Waals surface area (Å²) in [6.07, 6.45) is 3.11. The molecule has 1 amide bonds. The number of amides is 1. The van der Waals surface area contributed by atoms with Gasteiger partial charge in [-0.1, -0.05) is 25.4 Å². The van der Waals surface area contributed by atoms with Crippen LogP contribution >= 0.6 is 23.4 Å². The molecule has 2 aliphatic rings. The van der Waals surface area contributed by atoms with Gasteiger partial charge in [0.1, 0.15) is 11.6 Å². The molecule has 3 atom stereocenters. The molecule has 8 heteroatoms. The summed E-state index contributed by atoms with van der Waals surface area (Å²) in [7, 11) is 0. The Bertz CT molecular complexity index is 961. The fraction of sp³-hybridized carbons (Fsp3) is 0.478. The third-order valence-corrected chi connectivity index (χ3v) is 7.71. The van der Waals surface area contributed by atoms with E-state index in [1.54, 1.807) is 0 Å². The highest BCUT2D eigenvalue weighted by molar-refractivity contribution is 7.99. The smallest absolute Gasteiger partial charge is 0.255 e. The first-order chi connectivity index (χ1) is 14.9. The molecule has 0 aliphatic carbocycles. The number of nitrogens with two attached hydrogens (primary N) is 1. The van der Waals surface area contributed by atoms with Gasteiger partial charge in [-0.25, -0.2) is 9.37 Å². The molecule has 2 aliphatic heterocycles. The first kappa shape index (κ1) is 22.4. The fourth-order valence-corrected chi connectivity index (χ4v) is 5.70. The molecule has 2 N–H and O–H groups in total. The lowest BCUT2D eigenvalue weighted by Crippen LogP contribution is -2.55. The standard InChI is InChI=1S/C23H28ClFN4OS/c1-3-14(2)31-19-9-16(11-26)27-22(10-19)29-17-5-6-18(29)13-28(12-17)23(30)20-7-4-15(25)8-21(20)24/h4,7-10,14,17-18H,3,5-6,11-13,26H2,1-2H3. The zero-order valence-electron chi connectivity index (χ0n) is 17.9. The summed E-state index contributed by atoms with van der Waals surface area (Å²) in [6, 6.07) is 8.58. The predicted molar refractivity (Wildman–Crippen MR) is 124 cm³/mol. The van der Waals surface area contributed by atoms with Crippen molar-refractivity contribution >= 4 is 35.1 Å². The first-order valence-electron chi connectivity index (χ1n) is 10.8. The Kier molecular flexibility index (Phi) is 6.74. The molecule has 4 rings (SSSR count). The van der Waals surface area contributed by atoms with Gasteiger partial charge in [0, 0.05) is 41.9 Å². The van der Waals surface area contributed by atoms with E-state index in [0.29, 0.717) is 30.4 Å². The van der Waals surface area contributed by atoms with Gasteiger partial charge in [0.05, 0.1) is 16.3 Å². The predicted octanol–water partition coefficient (Wildman–Crippen LogP) is 4.72. The number of benzene rings is 1. The molecule has 0 radical (unpaired) electrons. The van der Waals surface area contributed by atoms with Crippen LogP contribution in [0.25, 0.3) is 0 Å². The number of hydrogen-bond donors (Lipinski definition) is 1. The fourth-order valence-electron chi connectivity index (χ4n) is 4.44. The maximum Gasteiger partial charge on any atom is 0.255 e. The highest BCUT2D eigenvalue weighted by Gasteiger charge is 2.42. The van der Waals surface area contributed by atoms with Crippen molar-refractivity contribution in [3.63, 3.8) is 0 Å². The summed E-state index contributed by atoms with van der Waals surface area (Å²) in [5.41, 5.74) is 7.18. The minimum absolute atomic E-state index is 0.141. The molecule has 1 aromatic carbocycles. The average Bonchev–Trinajstić information content (AvgIpc) is 3.02. The van der Waals surface area contributed by atoms with Crippen molar-refractivity contribution in [2.45, 2.75) is 61.9 Å². The third kappa shape index (κ3) is 4.69. The number of piperazine rings is 1. The summed E-state index contributed by atoms with van der Waals surface area (Å²) in [5.74, 6) is 0.370. The van der Waals surface area contributed by atoms with Gasteiger partial charge < -0.3 is 15.5 Å². The number of carbonyl (C=O) groups is 1. The number of thioether (sulfide) groups is 1. The molecule has 31 heavy (non-hydrogen) atoms. The number of anilines is 1. The maximum absolute atomic E-state index is 13.4. The second-order valence-corrected chi connectivity index (χ2v) is 10.2. The van der Waals surface area contributed by atoms with Crippen molar-refractivity contribution in [3.8, 4) is 0 Å². The van der Waals surface area contributed by atoms with Gasteiger partial charge in [-0.3, -0.25) is 4.79 Å². The van der Waals surface area contributed by atoms with E-state index in [2.05, 4.69) is 30.9 Å². The number of likely N-dealkylation sites (tertiary alicyclic amines) is 1. The van der Waals surface area contributed by atoms with Gasteiger partial charge in [0.15, 0.2) is 0 Å². The van der Waals surface area contributed by atoms with E-state index in [4.69, 9.17) is 22.3 Å². The van der Waals surface area contributed by atoms with Gasteiger partial charge in [-0.2, -0.15) is 0 Å². The van der Waals surface area contributed by atoms with Gasteiger partial charge in [0.2, 0.25) is 0 Å². The zero-order chi connectivity index (χ0) is 22.1. The van der Waals surface area contributed by atoms with Crippen LogP contribution in [0.15, 0.2) is 35.2 Å². The first-order valence-corrected chi connectivity index (χ1v) is 12.1. The highest BCUT2D eigenvalue weighted by atomic mass is 35.5. The summed E-state index contributed by atoms with van der Waals surface area (Å²) in [5, 5.41) is 0.677. The second kappa shape index (κ2) is 9.35. The van der Waals surface area contributed by atoms with Crippen LogP contribution in [-0.4, -0.2) is 46.2 Å². The van der Waals surface area contributed by atoms with Crippen molar-refractivity contribution in [2.75, 3.05) is 18.0 Å². The lowest BCUT2D eigenvalue weighted by molar-refractivity contribution is 0.0717. The molecule has 0 spiro atoms. The Labute approximate surface area is 192 Å². The van der Waals surface area contributed by atoms with E-state index >= 15 is 0 Å². The molecule has 0 saturated carbocycles. The quantitative estimate of drug-likeness (QED) is 0.629. The molecule has 3 heterocycles. The molecule has 2 fully saturated rings. The van der Waals surface area contributed by atoms with E-state index in [1.165, 1.54) is 23.1 Å². The lowest BCUT2D eigenvalue weighted by Gasteiger charge is -2.42. The van der Waals surface area contributed by atoms with Crippen LogP contribution in [-0.2, 0) is 6.54 Å². The van der Waals surface area contributed by atoms with Crippen molar-refractivity contribution in [1.29, 1.82) is 0 Å². The van der Waals surface area contributed by atoms with Crippen LogP contribution < -0.4 is 10.6 Å². The molecular weight excluding hydrogens is 435 g/mol. The van der Waals surface area contributed by atoms with Crippen LogP contribution in [0.3, 0.4) is 0 Å². The van der Waals surface area contributed by atoms with Crippen LogP contribution in [0, 0.1) is 5.82 Å². The van der Waals surface area contributed by atoms with E-state index < -0.39 is 5.82 Å². The Morgan fingerprint density at radius 3 is 2.61 bits per heavy atom. The summed E-state index contributed by atoms with van der Waals surface area (Å²) in [4.78, 5) is 23.3. The van der Waals surface area contributed by atoms with Crippen LogP contribution in [0.4, 0.5) is 10.2 Å². The number of rotatable bonds is 6. The Morgan fingerprint density at radius 1 is 1.29 bits per heavy atom. The summed E-state index contributed by atoms with van der Waals surface area (Å²) in [6.45, 7) is 6.02. The minimum atomic E-state index is -0.441. The monoisotopic (exact) mass is 462 g/mol. The summed E-state index contributed by atoms with van der Waals surface area (Å²) < 4.78 is 13.4. The molecule has 5 nitrogen and oxygen atoms in total. The molecule has 166 valence electrons. The SMILES string of the molecule is CCC(C)Sc1cc(CN)nc(N2C3CCC2CN(C(=O)c2ccc(F)cc2Cl)C3)c1. The lowest BCUT2D eigenvalue weighted by atomic mass is 10.1. The Balaban J connectivity index is 1.56. The van der Waals surface area contributed by atoms with E-state index in [0.717, 1.165) is 30.8 Å². The largest absolute Gasteiger partial charge is 0.347 e. The molecule has 2 saturated heterocycles. The summed E-state index contributed by atoms with van der Waals surface area (Å²) >= 11 is 7.99. The minimum Gasteiger partial charge on any atom is -0.347 e. The molecule has 1 aromatic heterocycles. The topological polar surface area (TPSA) is 62.5 Å². The van der Waals surface area contributed by atoms with Crippen molar-refractivity contribution < 1.29 is 9.18 Å². The Hall–Kier alpha value is -1.83. The van der Waals surface area contributed by atoms with Crippen LogP contribution in [0.1, 0.15) is 49.2 Å². The van der Waals surface area contributed by atoms with E-state index in [-0.39, 0.29) is 23.0 Å². The molecule has 2 bridgehead atoms. The number of halogens is 2. The highest BCUT2D eigenvalue weighted by Crippen LogP contribution is 2.37. The zero-order valence-corrected chi connectivity index (χ0v) is 19.4. The average molecular weight is 463 g/mol. The Morgan fingerprint density at radius 2 is 2.00 bits per heavy atom. The van der Waals surface area contributed by atoms with Crippen molar-refractivity contribution in [3.05, 3.63) is 52.4 Å². The second-order valence-electron chi connectivity index (χ2n) is 8.32. The van der Waals surface area contributed by atoms with Gasteiger partial charge in [0.25, 0.3) is 5.91 Å². The van der Waals surface area contributed by atoms with Gasteiger partial charge in [-0.15, -0.1) is 11.8 Å². The van der Waals surface area contributed by atoms with Gasteiger partial charge in [-0.05, 0) is 49.6 Å². The normalized spacial score (nSPS) is 21.5. The number of nitrogens with zero attached hydrogens (tertiary/aromatic N) is 3. The van der Waals surface area contributed by atoms with Crippen LogP contribution in [0.5, 0.6) is 0 Å². The molecule has 2 aromatic rings. The van der Waals surface area contributed by atoms with E-state index in [1.807, 2.05) is 16.7 Å². The van der Waals surface area contributed by atoms with Crippen LogP contribution in [0.2, 0.25) is 5.02 Å². The third-order valence-electron chi connectivity index (χ3n) is 6.16. The number of fused-ring (bicyclic) bond motifs is 2.